The summed E-state index contributed by atoms with van der Waals surface area (Å²) >= 11 is 1.78. The first-order valence-electron chi connectivity index (χ1n) is 6.14. The van der Waals surface area contributed by atoms with E-state index in [4.69, 9.17) is 10.2 Å². The Morgan fingerprint density at radius 3 is 3.00 bits per heavy atom. The maximum absolute atomic E-state index is 11.7. The molecule has 4 nitrogen and oxygen atoms in total. The summed E-state index contributed by atoms with van der Waals surface area (Å²) in [4.78, 5) is 11.7. The van der Waals surface area contributed by atoms with E-state index in [1.165, 1.54) is 0 Å². The van der Waals surface area contributed by atoms with Gasteiger partial charge in [0.2, 0.25) is 0 Å². The van der Waals surface area contributed by atoms with Crippen LogP contribution < -0.4 is 11.5 Å². The van der Waals surface area contributed by atoms with E-state index >= 15 is 0 Å². The Morgan fingerprint density at radius 2 is 2.22 bits per heavy atom. The van der Waals surface area contributed by atoms with Crippen LogP contribution in [0.3, 0.4) is 0 Å². The van der Waals surface area contributed by atoms with Gasteiger partial charge in [-0.25, -0.2) is 4.79 Å². The van der Waals surface area contributed by atoms with E-state index in [1.54, 1.807) is 16.3 Å². The maximum Gasteiger partial charge on any atom is 0.419 e. The minimum absolute atomic E-state index is 0.243. The highest BCUT2D eigenvalue weighted by molar-refractivity contribution is 7.99. The molecule has 0 bridgehead atoms. The van der Waals surface area contributed by atoms with E-state index < -0.39 is 0 Å². The third kappa shape index (κ3) is 2.97. The van der Waals surface area contributed by atoms with Crippen LogP contribution in [0.2, 0.25) is 0 Å². The minimum Gasteiger partial charge on any atom is -0.408 e. The van der Waals surface area contributed by atoms with Crippen molar-refractivity contribution in [3.63, 3.8) is 0 Å². The van der Waals surface area contributed by atoms with Gasteiger partial charge in [0.15, 0.2) is 5.58 Å². The first kappa shape index (κ1) is 13.2. The summed E-state index contributed by atoms with van der Waals surface area (Å²) in [5.41, 5.74) is 7.36. The lowest BCUT2D eigenvalue weighted by molar-refractivity contribution is 0.514. The topological polar surface area (TPSA) is 61.2 Å². The number of fused-ring (bicyclic) bond motifs is 1. The van der Waals surface area contributed by atoms with Gasteiger partial charge in [0.1, 0.15) is 0 Å². The minimum atomic E-state index is -0.281. The van der Waals surface area contributed by atoms with Gasteiger partial charge in [-0.2, -0.15) is 11.8 Å². The van der Waals surface area contributed by atoms with Crippen molar-refractivity contribution >= 4 is 22.9 Å². The van der Waals surface area contributed by atoms with Gasteiger partial charge in [-0.3, -0.25) is 4.57 Å². The van der Waals surface area contributed by atoms with Gasteiger partial charge in [0.05, 0.1) is 5.52 Å². The predicted molar refractivity (Wildman–Crippen MR) is 76.1 cm³/mol. The molecule has 2 aromatic rings. The monoisotopic (exact) mass is 266 g/mol. The summed E-state index contributed by atoms with van der Waals surface area (Å²) in [7, 11) is 0. The van der Waals surface area contributed by atoms with Crippen LogP contribution in [0.15, 0.2) is 33.5 Å². The van der Waals surface area contributed by atoms with E-state index in [2.05, 4.69) is 6.92 Å². The van der Waals surface area contributed by atoms with Crippen LogP contribution in [0.4, 0.5) is 0 Å². The number of hydrogen-bond donors (Lipinski definition) is 1. The second-order valence-corrected chi connectivity index (χ2v) is 5.38. The molecule has 1 aromatic heterocycles. The lowest BCUT2D eigenvalue weighted by Gasteiger charge is -2.07. The summed E-state index contributed by atoms with van der Waals surface area (Å²) < 4.78 is 6.85. The summed E-state index contributed by atoms with van der Waals surface area (Å²) in [6.07, 6.45) is 0.988. The van der Waals surface area contributed by atoms with Crippen molar-refractivity contribution in [3.8, 4) is 0 Å². The molecule has 0 spiro atoms. The fourth-order valence-corrected chi connectivity index (χ4v) is 2.75. The quantitative estimate of drug-likeness (QED) is 0.813. The maximum atomic E-state index is 11.7. The molecule has 0 aliphatic heterocycles. The summed E-state index contributed by atoms with van der Waals surface area (Å²) in [6.45, 7) is 2.75. The highest BCUT2D eigenvalue weighted by Gasteiger charge is 2.08. The van der Waals surface area contributed by atoms with Crippen LogP contribution >= 0.6 is 11.8 Å². The van der Waals surface area contributed by atoms with Gasteiger partial charge in [0, 0.05) is 24.1 Å². The molecular weight excluding hydrogens is 248 g/mol. The Balaban J connectivity index is 1.99. The smallest absolute Gasteiger partial charge is 0.408 e. The van der Waals surface area contributed by atoms with Crippen molar-refractivity contribution in [2.75, 3.05) is 11.5 Å². The molecule has 5 heteroatoms. The largest absolute Gasteiger partial charge is 0.419 e. The molecule has 98 valence electrons. The van der Waals surface area contributed by atoms with Crippen LogP contribution in [-0.2, 0) is 6.54 Å². The molecule has 2 rings (SSSR count). The average molecular weight is 266 g/mol. The third-order valence-corrected chi connectivity index (χ3v) is 4.02. The number of nitrogens with zero attached hydrogens (tertiary/aromatic N) is 1. The zero-order valence-corrected chi connectivity index (χ0v) is 11.3. The van der Waals surface area contributed by atoms with Crippen LogP contribution in [0, 0.1) is 0 Å². The van der Waals surface area contributed by atoms with Crippen molar-refractivity contribution in [3.05, 3.63) is 34.8 Å². The van der Waals surface area contributed by atoms with Gasteiger partial charge in [-0.05, 0) is 18.6 Å². The molecule has 2 N–H and O–H groups in total. The summed E-state index contributed by atoms with van der Waals surface area (Å²) in [6, 6.07) is 7.74. The molecule has 0 saturated heterocycles. The molecule has 0 fully saturated rings. The number of para-hydroxylation sites is 2. The summed E-state index contributed by atoms with van der Waals surface area (Å²) in [5.74, 6) is 1.52. The average Bonchev–Trinajstić information content (AvgIpc) is 2.70. The molecule has 1 heterocycles. The second kappa shape index (κ2) is 6.11. The van der Waals surface area contributed by atoms with E-state index in [0.717, 1.165) is 23.4 Å². The normalized spacial score (nSPS) is 13.0. The molecule has 18 heavy (non-hydrogen) atoms. The first-order chi connectivity index (χ1) is 8.72. The van der Waals surface area contributed by atoms with E-state index in [-0.39, 0.29) is 11.8 Å². The number of aromatic nitrogens is 1. The number of oxazole rings is 1. The molecule has 1 atom stereocenters. The van der Waals surface area contributed by atoms with Gasteiger partial charge in [0.25, 0.3) is 0 Å². The molecule has 1 unspecified atom stereocenters. The number of benzene rings is 1. The van der Waals surface area contributed by atoms with Gasteiger partial charge < -0.3 is 10.2 Å². The van der Waals surface area contributed by atoms with E-state index in [1.807, 2.05) is 24.3 Å². The fraction of sp³-hybridized carbons (Fsp3) is 0.462. The molecule has 0 aliphatic carbocycles. The van der Waals surface area contributed by atoms with Crippen molar-refractivity contribution in [2.24, 2.45) is 5.73 Å². The lowest BCUT2D eigenvalue weighted by Crippen LogP contribution is -2.22. The second-order valence-electron chi connectivity index (χ2n) is 4.23. The molecule has 0 radical (unpaired) electrons. The SMILES string of the molecule is CCC(N)CSCCn1c(=O)oc2ccccc21. The van der Waals surface area contributed by atoms with Crippen LogP contribution in [-0.4, -0.2) is 22.1 Å². The molecule has 0 saturated carbocycles. The number of aryl methyl sites for hydroxylation is 1. The number of rotatable bonds is 6. The summed E-state index contributed by atoms with van der Waals surface area (Å²) in [5, 5.41) is 0. The zero-order valence-electron chi connectivity index (χ0n) is 10.5. The highest BCUT2D eigenvalue weighted by Crippen LogP contribution is 2.13. The Labute approximate surface area is 110 Å². The standard InChI is InChI=1S/C13H18N2O2S/c1-2-10(14)9-18-8-7-15-11-5-3-4-6-12(11)17-13(15)16/h3-6,10H,2,7-9,14H2,1H3. The zero-order chi connectivity index (χ0) is 13.0. The van der Waals surface area contributed by atoms with E-state index in [9.17, 15) is 4.79 Å². The Morgan fingerprint density at radius 1 is 1.44 bits per heavy atom. The van der Waals surface area contributed by atoms with Crippen molar-refractivity contribution < 1.29 is 4.42 Å². The molecule has 0 aliphatic rings. The van der Waals surface area contributed by atoms with Crippen LogP contribution in [0.25, 0.3) is 11.1 Å². The molecule has 0 amide bonds. The third-order valence-electron chi connectivity index (χ3n) is 2.89. The van der Waals surface area contributed by atoms with Crippen LogP contribution in [0.1, 0.15) is 13.3 Å². The Kier molecular flexibility index (Phi) is 4.49. The molecular formula is C13H18N2O2S. The predicted octanol–water partition coefficient (Wildman–Crippen LogP) is 2.06. The number of nitrogens with two attached hydrogens (primary N) is 1. The van der Waals surface area contributed by atoms with Gasteiger partial charge in [-0.15, -0.1) is 0 Å². The van der Waals surface area contributed by atoms with Crippen LogP contribution in [0.5, 0.6) is 0 Å². The Hall–Kier alpha value is -1.20. The first-order valence-corrected chi connectivity index (χ1v) is 7.29. The van der Waals surface area contributed by atoms with Gasteiger partial charge >= 0.3 is 5.76 Å². The van der Waals surface area contributed by atoms with Crippen molar-refractivity contribution in [2.45, 2.75) is 25.9 Å². The van der Waals surface area contributed by atoms with Crippen molar-refractivity contribution in [1.82, 2.24) is 4.57 Å². The Bertz CT molecular complexity index is 561. The molecule has 1 aromatic carbocycles. The number of hydrogen-bond acceptors (Lipinski definition) is 4. The fourth-order valence-electron chi connectivity index (χ4n) is 1.73. The van der Waals surface area contributed by atoms with Gasteiger partial charge in [-0.1, -0.05) is 19.1 Å². The number of thioether (sulfide) groups is 1. The van der Waals surface area contributed by atoms with E-state index in [0.29, 0.717) is 12.1 Å². The lowest BCUT2D eigenvalue weighted by atomic mass is 10.3. The van der Waals surface area contributed by atoms with Crippen molar-refractivity contribution in [1.29, 1.82) is 0 Å². The highest BCUT2D eigenvalue weighted by atomic mass is 32.2.